The molecular weight excluding hydrogens is 469 g/mol. The lowest BCUT2D eigenvalue weighted by Gasteiger charge is -2.35. The van der Waals surface area contributed by atoms with E-state index < -0.39 is 15.9 Å². The van der Waals surface area contributed by atoms with Gasteiger partial charge in [-0.3, -0.25) is 9.69 Å². The van der Waals surface area contributed by atoms with Crippen molar-refractivity contribution in [2.24, 2.45) is 0 Å². The van der Waals surface area contributed by atoms with Crippen molar-refractivity contribution in [3.8, 4) is 0 Å². The van der Waals surface area contributed by atoms with Crippen molar-refractivity contribution in [3.63, 3.8) is 0 Å². The minimum Gasteiger partial charge on any atom is -0.379 e. The number of carbonyl (C=O) groups is 1. The van der Waals surface area contributed by atoms with E-state index in [1.54, 1.807) is 12.1 Å². The number of halogens is 2. The summed E-state index contributed by atoms with van der Waals surface area (Å²) in [6.07, 6.45) is 1.65. The predicted molar refractivity (Wildman–Crippen MR) is 123 cm³/mol. The number of hydrogen-bond acceptors (Lipinski definition) is 5. The fraction of sp³-hybridized carbons (Fsp3) is 0.435. The van der Waals surface area contributed by atoms with Crippen molar-refractivity contribution in [2.45, 2.75) is 23.8 Å². The molecular formula is C23H27ClFN3O4S. The molecule has 0 aliphatic carbocycles. The molecule has 1 amide bonds. The van der Waals surface area contributed by atoms with Gasteiger partial charge in [0, 0.05) is 32.7 Å². The van der Waals surface area contributed by atoms with Crippen LogP contribution in [0.2, 0.25) is 5.02 Å². The van der Waals surface area contributed by atoms with Gasteiger partial charge in [0.1, 0.15) is 5.82 Å². The quantitative estimate of drug-likeness (QED) is 0.638. The molecule has 2 saturated heterocycles. The number of hydrogen-bond donors (Lipinski definition) is 1. The van der Waals surface area contributed by atoms with Crippen molar-refractivity contribution >= 4 is 27.5 Å². The highest BCUT2D eigenvalue weighted by atomic mass is 35.5. The summed E-state index contributed by atoms with van der Waals surface area (Å²) in [4.78, 5) is 15.3. The van der Waals surface area contributed by atoms with Crippen molar-refractivity contribution in [1.29, 1.82) is 0 Å². The van der Waals surface area contributed by atoms with Gasteiger partial charge in [-0.15, -0.1) is 0 Å². The molecule has 2 aliphatic rings. The molecule has 4 rings (SSSR count). The number of sulfonamides is 1. The van der Waals surface area contributed by atoms with Crippen molar-refractivity contribution in [1.82, 2.24) is 14.5 Å². The number of morpholine rings is 1. The third kappa shape index (κ3) is 5.55. The largest absolute Gasteiger partial charge is 0.379 e. The number of amides is 1. The second kappa shape index (κ2) is 10.5. The van der Waals surface area contributed by atoms with Gasteiger partial charge in [-0.1, -0.05) is 23.7 Å². The van der Waals surface area contributed by atoms with Gasteiger partial charge >= 0.3 is 0 Å². The van der Waals surface area contributed by atoms with Crippen LogP contribution >= 0.6 is 11.6 Å². The highest BCUT2D eigenvalue weighted by molar-refractivity contribution is 7.89. The molecule has 1 N–H and O–H groups in total. The number of nitrogens with zero attached hydrogens (tertiary/aromatic N) is 2. The maximum absolute atomic E-state index is 13.4. The molecule has 2 heterocycles. The smallest absolute Gasteiger partial charge is 0.252 e. The first kappa shape index (κ1) is 24.1. The zero-order valence-electron chi connectivity index (χ0n) is 18.2. The molecule has 2 aromatic carbocycles. The third-order valence-electron chi connectivity index (χ3n) is 6.08. The second-order valence-electron chi connectivity index (χ2n) is 8.18. The maximum Gasteiger partial charge on any atom is 0.252 e. The van der Waals surface area contributed by atoms with Crippen LogP contribution in [0.1, 0.15) is 34.8 Å². The summed E-state index contributed by atoms with van der Waals surface area (Å²) < 4.78 is 46.1. The van der Waals surface area contributed by atoms with Crippen LogP contribution in [0.15, 0.2) is 47.4 Å². The molecule has 0 spiro atoms. The molecule has 0 aromatic heterocycles. The highest BCUT2D eigenvalue weighted by Crippen LogP contribution is 2.26. The van der Waals surface area contributed by atoms with Crippen molar-refractivity contribution in [3.05, 3.63) is 64.4 Å². The zero-order chi connectivity index (χ0) is 23.4. The Labute approximate surface area is 198 Å². The van der Waals surface area contributed by atoms with Crippen LogP contribution in [0, 0.1) is 5.82 Å². The first-order valence-corrected chi connectivity index (χ1v) is 12.8. The zero-order valence-corrected chi connectivity index (χ0v) is 19.7. The van der Waals surface area contributed by atoms with Gasteiger partial charge in [0.25, 0.3) is 5.91 Å². The molecule has 2 fully saturated rings. The summed E-state index contributed by atoms with van der Waals surface area (Å²) in [6, 6.07) is 10.2. The molecule has 0 unspecified atom stereocenters. The summed E-state index contributed by atoms with van der Waals surface area (Å²) in [5.41, 5.74) is 0.979. The molecule has 0 saturated carbocycles. The summed E-state index contributed by atoms with van der Waals surface area (Å²) in [5, 5.41) is 3.07. The van der Waals surface area contributed by atoms with E-state index in [1.165, 1.54) is 34.6 Å². The Morgan fingerprint density at radius 1 is 1.06 bits per heavy atom. The summed E-state index contributed by atoms with van der Waals surface area (Å²) in [5.74, 6) is -0.787. The Balaban J connectivity index is 1.53. The lowest BCUT2D eigenvalue weighted by molar-refractivity contribution is 0.0162. The molecule has 10 heteroatoms. The number of benzene rings is 2. The Kier molecular flexibility index (Phi) is 7.65. The monoisotopic (exact) mass is 495 g/mol. The minimum absolute atomic E-state index is 0.0576. The average molecular weight is 496 g/mol. The first-order valence-electron chi connectivity index (χ1n) is 11.0. The standard InChI is InChI=1S/C23H27ClFN3O4S/c24-21-8-7-19(33(30,31)28-9-1-2-10-28)15-20(21)23(29)26-16-22(27-11-13-32-14-12-27)17-3-5-18(25)6-4-17/h3-8,15,22H,1-2,9-14,16H2,(H,26,29)/t22-/m1/s1. The van der Waals surface area contributed by atoms with Crippen LogP contribution in [0.5, 0.6) is 0 Å². The lowest BCUT2D eigenvalue weighted by Crippen LogP contribution is -2.43. The van der Waals surface area contributed by atoms with Crippen molar-refractivity contribution < 1.29 is 22.3 Å². The van der Waals surface area contributed by atoms with Crippen LogP contribution in [0.4, 0.5) is 4.39 Å². The molecule has 7 nitrogen and oxygen atoms in total. The van der Waals surface area contributed by atoms with Crippen molar-refractivity contribution in [2.75, 3.05) is 45.9 Å². The average Bonchev–Trinajstić information content (AvgIpc) is 3.37. The minimum atomic E-state index is -3.67. The van der Waals surface area contributed by atoms with E-state index in [2.05, 4.69) is 10.2 Å². The van der Waals surface area contributed by atoms with Crippen LogP contribution in [0.25, 0.3) is 0 Å². The van der Waals surface area contributed by atoms with Crippen LogP contribution in [0.3, 0.4) is 0 Å². The highest BCUT2D eigenvalue weighted by Gasteiger charge is 2.29. The molecule has 178 valence electrons. The number of carbonyl (C=O) groups excluding carboxylic acids is 1. The normalized spacial score (nSPS) is 18.8. The predicted octanol–water partition coefficient (Wildman–Crippen LogP) is 3.07. The maximum atomic E-state index is 13.4. The number of rotatable bonds is 7. The Hall–Kier alpha value is -2.04. The fourth-order valence-electron chi connectivity index (χ4n) is 4.23. The van der Waals surface area contributed by atoms with E-state index in [0.717, 1.165) is 18.4 Å². The molecule has 0 bridgehead atoms. The van der Waals surface area contributed by atoms with Crippen LogP contribution in [-0.2, 0) is 14.8 Å². The van der Waals surface area contributed by atoms with Gasteiger partial charge < -0.3 is 10.1 Å². The number of nitrogens with one attached hydrogen (secondary N) is 1. The van der Waals surface area contributed by atoms with E-state index in [-0.39, 0.29) is 33.9 Å². The lowest BCUT2D eigenvalue weighted by atomic mass is 10.0. The Bertz CT molecular complexity index is 1090. The molecule has 2 aliphatic heterocycles. The number of ether oxygens (including phenoxy) is 1. The summed E-state index contributed by atoms with van der Waals surface area (Å²) in [6.45, 7) is 3.73. The molecule has 1 atom stereocenters. The molecule has 0 radical (unpaired) electrons. The van der Waals surface area contributed by atoms with Gasteiger partial charge in [-0.25, -0.2) is 12.8 Å². The fourth-order valence-corrected chi connectivity index (χ4v) is 5.98. The van der Waals surface area contributed by atoms with Gasteiger partial charge in [0.15, 0.2) is 0 Å². The van der Waals surface area contributed by atoms with Gasteiger partial charge in [-0.2, -0.15) is 4.31 Å². The summed E-state index contributed by atoms with van der Waals surface area (Å²) in [7, 11) is -3.67. The SMILES string of the molecule is O=C(NC[C@H](c1ccc(F)cc1)N1CCOCC1)c1cc(S(=O)(=O)N2CCCC2)ccc1Cl. The van der Waals surface area contributed by atoms with Crippen LogP contribution < -0.4 is 5.32 Å². The Morgan fingerprint density at radius 2 is 1.73 bits per heavy atom. The van der Waals surface area contributed by atoms with Gasteiger partial charge in [0.2, 0.25) is 10.0 Å². The second-order valence-corrected chi connectivity index (χ2v) is 10.5. The van der Waals surface area contributed by atoms with Gasteiger partial charge in [0.05, 0.1) is 34.7 Å². The van der Waals surface area contributed by atoms with Gasteiger partial charge in [-0.05, 0) is 48.7 Å². The first-order chi connectivity index (χ1) is 15.9. The van der Waals surface area contributed by atoms with E-state index in [9.17, 15) is 17.6 Å². The van der Waals surface area contributed by atoms with E-state index in [1.807, 2.05) is 0 Å². The topological polar surface area (TPSA) is 79.0 Å². The van der Waals surface area contributed by atoms with E-state index >= 15 is 0 Å². The Morgan fingerprint density at radius 3 is 2.39 bits per heavy atom. The van der Waals surface area contributed by atoms with E-state index in [0.29, 0.717) is 39.4 Å². The molecule has 2 aromatic rings. The van der Waals surface area contributed by atoms with E-state index in [4.69, 9.17) is 16.3 Å². The summed E-state index contributed by atoms with van der Waals surface area (Å²) >= 11 is 6.26. The third-order valence-corrected chi connectivity index (χ3v) is 8.31. The van der Waals surface area contributed by atoms with Crippen LogP contribution in [-0.4, -0.2) is 69.5 Å². The molecule has 33 heavy (non-hydrogen) atoms.